The zero-order chi connectivity index (χ0) is 22.3. The number of nitrogens with one attached hydrogen (secondary N) is 1. The highest BCUT2D eigenvalue weighted by molar-refractivity contribution is 5.95. The van der Waals surface area contributed by atoms with E-state index in [9.17, 15) is 14.0 Å². The number of rotatable bonds is 6. The summed E-state index contributed by atoms with van der Waals surface area (Å²) in [6.07, 6.45) is 0. The SMILES string of the molecule is O=C(NCc1ccc(C(=O)N2CCOCC2)cc1)c1ccc(Oc2ccc(F)cc2)cc1. The van der Waals surface area contributed by atoms with Crippen molar-refractivity contribution in [2.24, 2.45) is 0 Å². The van der Waals surface area contributed by atoms with E-state index in [-0.39, 0.29) is 17.6 Å². The first-order chi connectivity index (χ1) is 15.6. The Balaban J connectivity index is 1.29. The normalized spacial score (nSPS) is 13.5. The van der Waals surface area contributed by atoms with Gasteiger partial charge in [-0.1, -0.05) is 12.1 Å². The minimum Gasteiger partial charge on any atom is -0.457 e. The molecule has 1 aliphatic rings. The highest BCUT2D eigenvalue weighted by Gasteiger charge is 2.18. The van der Waals surface area contributed by atoms with Crippen LogP contribution in [0.1, 0.15) is 26.3 Å². The number of carbonyl (C=O) groups excluding carboxylic acids is 2. The topological polar surface area (TPSA) is 67.9 Å². The number of halogens is 1. The molecule has 1 aliphatic heterocycles. The third-order valence-electron chi connectivity index (χ3n) is 5.12. The Labute approximate surface area is 185 Å². The van der Waals surface area contributed by atoms with Crippen LogP contribution in [0.3, 0.4) is 0 Å². The van der Waals surface area contributed by atoms with Crippen molar-refractivity contribution in [2.75, 3.05) is 26.3 Å². The fraction of sp³-hybridized carbons (Fsp3) is 0.200. The highest BCUT2D eigenvalue weighted by Crippen LogP contribution is 2.22. The third kappa shape index (κ3) is 5.50. The summed E-state index contributed by atoms with van der Waals surface area (Å²) in [5.41, 5.74) is 2.02. The van der Waals surface area contributed by atoms with Crippen LogP contribution in [0, 0.1) is 5.82 Å². The van der Waals surface area contributed by atoms with Crippen molar-refractivity contribution < 1.29 is 23.5 Å². The van der Waals surface area contributed by atoms with Gasteiger partial charge in [0, 0.05) is 30.8 Å². The number of ether oxygens (including phenoxy) is 2. The van der Waals surface area contributed by atoms with Crippen LogP contribution in [-0.2, 0) is 11.3 Å². The van der Waals surface area contributed by atoms with E-state index in [1.807, 2.05) is 12.1 Å². The van der Waals surface area contributed by atoms with Crippen molar-refractivity contribution in [2.45, 2.75) is 6.54 Å². The lowest BCUT2D eigenvalue weighted by Gasteiger charge is -2.26. The molecule has 4 rings (SSSR count). The molecule has 3 aromatic carbocycles. The van der Waals surface area contributed by atoms with E-state index >= 15 is 0 Å². The number of hydrogen-bond donors (Lipinski definition) is 1. The van der Waals surface area contributed by atoms with Crippen molar-refractivity contribution in [1.82, 2.24) is 10.2 Å². The number of benzene rings is 3. The maximum absolute atomic E-state index is 13.0. The molecule has 32 heavy (non-hydrogen) atoms. The number of nitrogens with zero attached hydrogens (tertiary/aromatic N) is 1. The number of amides is 2. The lowest BCUT2D eigenvalue weighted by Crippen LogP contribution is -2.40. The van der Waals surface area contributed by atoms with E-state index in [0.717, 1.165) is 5.56 Å². The van der Waals surface area contributed by atoms with Crippen LogP contribution in [0.25, 0.3) is 0 Å². The molecule has 0 aromatic heterocycles. The van der Waals surface area contributed by atoms with Crippen LogP contribution in [0.4, 0.5) is 4.39 Å². The predicted octanol–water partition coefficient (Wildman–Crippen LogP) is 4.02. The number of morpholine rings is 1. The summed E-state index contributed by atoms with van der Waals surface area (Å²) >= 11 is 0. The smallest absolute Gasteiger partial charge is 0.254 e. The van der Waals surface area contributed by atoms with Crippen molar-refractivity contribution >= 4 is 11.8 Å². The van der Waals surface area contributed by atoms with Crippen LogP contribution < -0.4 is 10.1 Å². The lowest BCUT2D eigenvalue weighted by molar-refractivity contribution is 0.0303. The van der Waals surface area contributed by atoms with Crippen LogP contribution in [-0.4, -0.2) is 43.0 Å². The molecule has 0 unspecified atom stereocenters. The van der Waals surface area contributed by atoms with Crippen molar-refractivity contribution in [1.29, 1.82) is 0 Å². The molecule has 0 bridgehead atoms. The second-order valence-corrected chi connectivity index (χ2v) is 7.36. The van der Waals surface area contributed by atoms with Gasteiger partial charge in [0.05, 0.1) is 13.2 Å². The van der Waals surface area contributed by atoms with Gasteiger partial charge < -0.3 is 19.7 Å². The van der Waals surface area contributed by atoms with Gasteiger partial charge in [0.1, 0.15) is 17.3 Å². The Morgan fingerprint density at radius 3 is 2.03 bits per heavy atom. The Morgan fingerprint density at radius 1 is 0.844 bits per heavy atom. The molecule has 164 valence electrons. The zero-order valence-electron chi connectivity index (χ0n) is 17.4. The maximum atomic E-state index is 13.0. The van der Waals surface area contributed by atoms with E-state index in [0.29, 0.717) is 55.5 Å². The van der Waals surface area contributed by atoms with Crippen molar-refractivity contribution in [3.63, 3.8) is 0 Å². The third-order valence-corrected chi connectivity index (χ3v) is 5.12. The average molecular weight is 434 g/mol. The summed E-state index contributed by atoms with van der Waals surface area (Å²) in [5.74, 6) is 0.508. The zero-order valence-corrected chi connectivity index (χ0v) is 17.4. The van der Waals surface area contributed by atoms with Gasteiger partial charge in [-0.2, -0.15) is 0 Å². The minimum absolute atomic E-state index is 0.00756. The summed E-state index contributed by atoms with van der Waals surface area (Å²) < 4.78 is 23.9. The molecule has 1 saturated heterocycles. The van der Waals surface area contributed by atoms with Gasteiger partial charge in [-0.05, 0) is 66.2 Å². The summed E-state index contributed by atoms with van der Waals surface area (Å²) in [5, 5.41) is 2.87. The van der Waals surface area contributed by atoms with Crippen LogP contribution in [0.2, 0.25) is 0 Å². The monoisotopic (exact) mass is 434 g/mol. The first-order valence-electron chi connectivity index (χ1n) is 10.4. The first kappa shape index (κ1) is 21.5. The molecule has 7 heteroatoms. The quantitative estimate of drug-likeness (QED) is 0.636. The standard InChI is InChI=1S/C25H23FN2O4/c26-21-7-11-23(12-8-21)32-22-9-5-19(6-10-22)24(29)27-17-18-1-3-20(4-2-18)25(30)28-13-15-31-16-14-28/h1-12H,13-17H2,(H,27,29). The molecule has 0 saturated carbocycles. The average Bonchev–Trinajstić information content (AvgIpc) is 2.85. The maximum Gasteiger partial charge on any atom is 0.254 e. The Kier molecular flexibility index (Phi) is 6.77. The Hall–Kier alpha value is -3.71. The molecular weight excluding hydrogens is 411 g/mol. The summed E-state index contributed by atoms with van der Waals surface area (Å²) in [6.45, 7) is 2.68. The first-order valence-corrected chi connectivity index (χ1v) is 10.4. The van der Waals surface area contributed by atoms with Crippen LogP contribution in [0.15, 0.2) is 72.8 Å². The van der Waals surface area contributed by atoms with E-state index < -0.39 is 0 Å². The minimum atomic E-state index is -0.331. The van der Waals surface area contributed by atoms with E-state index in [1.165, 1.54) is 24.3 Å². The molecule has 0 spiro atoms. The Morgan fingerprint density at radius 2 is 1.41 bits per heavy atom. The van der Waals surface area contributed by atoms with E-state index in [1.54, 1.807) is 41.3 Å². The molecular formula is C25H23FN2O4. The fourth-order valence-electron chi connectivity index (χ4n) is 3.31. The molecule has 1 heterocycles. The van der Waals surface area contributed by atoms with Crippen LogP contribution >= 0.6 is 0 Å². The molecule has 1 fully saturated rings. The van der Waals surface area contributed by atoms with Gasteiger partial charge in [0.2, 0.25) is 0 Å². The van der Waals surface area contributed by atoms with Gasteiger partial charge >= 0.3 is 0 Å². The summed E-state index contributed by atoms with van der Waals surface area (Å²) in [6, 6.07) is 19.7. The fourth-order valence-corrected chi connectivity index (χ4v) is 3.31. The molecule has 0 atom stereocenters. The molecule has 0 radical (unpaired) electrons. The number of hydrogen-bond acceptors (Lipinski definition) is 4. The lowest BCUT2D eigenvalue weighted by atomic mass is 10.1. The van der Waals surface area contributed by atoms with Crippen molar-refractivity contribution in [3.05, 3.63) is 95.3 Å². The predicted molar refractivity (Wildman–Crippen MR) is 117 cm³/mol. The van der Waals surface area contributed by atoms with E-state index in [4.69, 9.17) is 9.47 Å². The van der Waals surface area contributed by atoms with Crippen molar-refractivity contribution in [3.8, 4) is 11.5 Å². The van der Waals surface area contributed by atoms with Crippen LogP contribution in [0.5, 0.6) is 11.5 Å². The number of carbonyl (C=O) groups is 2. The molecule has 6 nitrogen and oxygen atoms in total. The second kappa shape index (κ2) is 10.1. The second-order valence-electron chi connectivity index (χ2n) is 7.36. The highest BCUT2D eigenvalue weighted by atomic mass is 19.1. The van der Waals surface area contributed by atoms with E-state index in [2.05, 4.69) is 5.32 Å². The summed E-state index contributed by atoms with van der Waals surface area (Å²) in [7, 11) is 0. The Bertz CT molecular complexity index is 1060. The molecule has 2 amide bonds. The van der Waals surface area contributed by atoms with Gasteiger partial charge in [-0.15, -0.1) is 0 Å². The van der Waals surface area contributed by atoms with Gasteiger partial charge in [0.25, 0.3) is 11.8 Å². The van der Waals surface area contributed by atoms with Gasteiger partial charge in [-0.25, -0.2) is 4.39 Å². The molecule has 1 N–H and O–H groups in total. The molecule has 3 aromatic rings. The summed E-state index contributed by atoms with van der Waals surface area (Å²) in [4.78, 5) is 26.7. The van der Waals surface area contributed by atoms with Gasteiger partial charge in [-0.3, -0.25) is 9.59 Å². The van der Waals surface area contributed by atoms with Gasteiger partial charge in [0.15, 0.2) is 0 Å². The molecule has 0 aliphatic carbocycles. The largest absolute Gasteiger partial charge is 0.457 e.